The van der Waals surface area contributed by atoms with Crippen molar-refractivity contribution in [2.45, 2.75) is 30.6 Å². The van der Waals surface area contributed by atoms with Crippen LogP contribution >= 0.6 is 11.8 Å². The van der Waals surface area contributed by atoms with Gasteiger partial charge in [0, 0.05) is 42.1 Å². The standard InChI is InChI=1S/C21H20N6O6S/c28-19(22-15-3-1-4-17(11-15)27(31)32)13-34-21-24-23-20(25(21)12-18-5-2-10-33-18)14-6-8-16(9-7-14)26(29)30/h1,3-4,6-9,11,18H,2,5,10,12-13H2,(H,22,28). The first-order valence-corrected chi connectivity index (χ1v) is 11.4. The fourth-order valence-electron chi connectivity index (χ4n) is 3.52. The SMILES string of the molecule is O=C(CSc1nnc(-c2ccc([N+](=O)[O-])cc2)n1CC1CCCO1)Nc1cccc([N+](=O)[O-])c1. The minimum Gasteiger partial charge on any atom is -0.376 e. The molecule has 1 unspecified atom stereocenters. The van der Waals surface area contributed by atoms with E-state index in [-0.39, 0.29) is 29.1 Å². The maximum atomic E-state index is 12.5. The van der Waals surface area contributed by atoms with E-state index in [9.17, 15) is 25.0 Å². The van der Waals surface area contributed by atoms with E-state index in [1.165, 1.54) is 42.1 Å². The summed E-state index contributed by atoms with van der Waals surface area (Å²) in [5.41, 5.74) is 0.840. The van der Waals surface area contributed by atoms with Crippen LogP contribution in [-0.2, 0) is 16.1 Å². The molecule has 1 saturated heterocycles. The van der Waals surface area contributed by atoms with Crippen LogP contribution in [0.25, 0.3) is 11.4 Å². The van der Waals surface area contributed by atoms with Gasteiger partial charge in [-0.05, 0) is 31.0 Å². The number of rotatable bonds is 9. The summed E-state index contributed by atoms with van der Waals surface area (Å²) in [4.78, 5) is 33.3. The summed E-state index contributed by atoms with van der Waals surface area (Å²) in [5, 5.41) is 33.5. The van der Waals surface area contributed by atoms with Crippen LogP contribution in [0.1, 0.15) is 12.8 Å². The normalized spacial score (nSPS) is 15.2. The molecule has 1 amide bonds. The number of hydrogen-bond acceptors (Lipinski definition) is 9. The van der Waals surface area contributed by atoms with Crippen molar-refractivity contribution in [2.24, 2.45) is 0 Å². The van der Waals surface area contributed by atoms with Crippen molar-refractivity contribution in [3.8, 4) is 11.4 Å². The number of amides is 1. The molecular formula is C21H20N6O6S. The molecule has 0 aliphatic carbocycles. The van der Waals surface area contributed by atoms with Gasteiger partial charge in [-0.2, -0.15) is 0 Å². The third kappa shape index (κ3) is 5.55. The number of nitro groups is 2. The molecule has 4 rings (SSSR count). The largest absolute Gasteiger partial charge is 0.376 e. The van der Waals surface area contributed by atoms with Gasteiger partial charge in [-0.25, -0.2) is 0 Å². The van der Waals surface area contributed by atoms with Gasteiger partial charge in [0.2, 0.25) is 5.91 Å². The van der Waals surface area contributed by atoms with Gasteiger partial charge in [0.1, 0.15) is 0 Å². The van der Waals surface area contributed by atoms with Crippen LogP contribution in [0, 0.1) is 20.2 Å². The average Bonchev–Trinajstić information content (AvgIpc) is 3.48. The topological polar surface area (TPSA) is 155 Å². The smallest absolute Gasteiger partial charge is 0.271 e. The molecule has 13 heteroatoms. The number of benzene rings is 2. The van der Waals surface area contributed by atoms with Gasteiger partial charge in [0.05, 0.1) is 28.2 Å². The molecule has 0 spiro atoms. The van der Waals surface area contributed by atoms with E-state index in [2.05, 4.69) is 15.5 Å². The van der Waals surface area contributed by atoms with Gasteiger partial charge >= 0.3 is 0 Å². The molecule has 3 aromatic rings. The maximum absolute atomic E-state index is 12.5. The third-order valence-corrected chi connectivity index (χ3v) is 6.10. The summed E-state index contributed by atoms with van der Waals surface area (Å²) < 4.78 is 7.60. The molecule has 1 aliphatic heterocycles. The number of thioether (sulfide) groups is 1. The number of non-ortho nitro benzene ring substituents is 2. The van der Waals surface area contributed by atoms with Crippen molar-refractivity contribution in [1.82, 2.24) is 14.8 Å². The summed E-state index contributed by atoms with van der Waals surface area (Å²) in [6, 6.07) is 11.7. The van der Waals surface area contributed by atoms with Crippen LogP contribution in [-0.4, -0.2) is 49.0 Å². The van der Waals surface area contributed by atoms with Crippen molar-refractivity contribution < 1.29 is 19.4 Å². The average molecular weight is 484 g/mol. The van der Waals surface area contributed by atoms with Crippen LogP contribution in [0.2, 0.25) is 0 Å². The first-order valence-electron chi connectivity index (χ1n) is 10.4. The van der Waals surface area contributed by atoms with Gasteiger partial charge in [-0.1, -0.05) is 17.8 Å². The molecule has 12 nitrogen and oxygen atoms in total. The number of nitro benzene ring substituents is 2. The Morgan fingerprint density at radius 2 is 1.88 bits per heavy atom. The van der Waals surface area contributed by atoms with Gasteiger partial charge in [0.15, 0.2) is 11.0 Å². The monoisotopic (exact) mass is 484 g/mol. The fourth-order valence-corrected chi connectivity index (χ4v) is 4.27. The van der Waals surface area contributed by atoms with E-state index in [0.29, 0.717) is 35.4 Å². The molecule has 176 valence electrons. The summed E-state index contributed by atoms with van der Waals surface area (Å²) >= 11 is 1.17. The summed E-state index contributed by atoms with van der Waals surface area (Å²) in [6.07, 6.45) is 1.81. The zero-order valence-electron chi connectivity index (χ0n) is 17.8. The third-order valence-electron chi connectivity index (χ3n) is 5.14. The number of nitrogens with zero attached hydrogens (tertiary/aromatic N) is 5. The fraction of sp³-hybridized carbons (Fsp3) is 0.286. The number of aromatic nitrogens is 3. The second kappa shape index (κ2) is 10.4. The lowest BCUT2D eigenvalue weighted by molar-refractivity contribution is -0.385. The van der Waals surface area contributed by atoms with E-state index in [0.717, 1.165) is 12.8 Å². The molecular weight excluding hydrogens is 464 g/mol. The maximum Gasteiger partial charge on any atom is 0.271 e. The number of carbonyl (C=O) groups excluding carboxylic acids is 1. The minimum atomic E-state index is -0.530. The number of anilines is 1. The Hall–Kier alpha value is -3.84. The molecule has 1 aliphatic rings. The summed E-state index contributed by atoms with van der Waals surface area (Å²) in [5.74, 6) is 0.174. The Labute approximate surface area is 197 Å². The van der Waals surface area contributed by atoms with Crippen LogP contribution in [0.5, 0.6) is 0 Å². The highest BCUT2D eigenvalue weighted by molar-refractivity contribution is 7.99. The lowest BCUT2D eigenvalue weighted by Gasteiger charge is -2.14. The summed E-state index contributed by atoms with van der Waals surface area (Å²) in [6.45, 7) is 1.15. The molecule has 1 fully saturated rings. The van der Waals surface area contributed by atoms with Crippen molar-refractivity contribution in [3.05, 3.63) is 68.8 Å². The number of carbonyl (C=O) groups is 1. The van der Waals surface area contributed by atoms with E-state index in [1.807, 2.05) is 4.57 Å². The highest BCUT2D eigenvalue weighted by atomic mass is 32.2. The highest BCUT2D eigenvalue weighted by Crippen LogP contribution is 2.28. The second-order valence-electron chi connectivity index (χ2n) is 7.50. The lowest BCUT2D eigenvalue weighted by Crippen LogP contribution is -2.18. The minimum absolute atomic E-state index is 0.00656. The molecule has 34 heavy (non-hydrogen) atoms. The predicted molar refractivity (Wildman–Crippen MR) is 124 cm³/mol. The van der Waals surface area contributed by atoms with Gasteiger partial charge in [0.25, 0.3) is 11.4 Å². The second-order valence-corrected chi connectivity index (χ2v) is 8.44. The first-order chi connectivity index (χ1) is 16.4. The molecule has 2 aromatic carbocycles. The van der Waals surface area contributed by atoms with Crippen molar-refractivity contribution >= 4 is 34.7 Å². The number of ether oxygens (including phenoxy) is 1. The van der Waals surface area contributed by atoms with Gasteiger partial charge in [-0.15, -0.1) is 10.2 Å². The van der Waals surface area contributed by atoms with Crippen LogP contribution in [0.3, 0.4) is 0 Å². The first kappa shape index (κ1) is 23.3. The Bertz CT molecular complexity index is 1210. The molecule has 0 radical (unpaired) electrons. The zero-order valence-corrected chi connectivity index (χ0v) is 18.6. The molecule has 0 bridgehead atoms. The van der Waals surface area contributed by atoms with Crippen LogP contribution in [0.4, 0.5) is 17.1 Å². The van der Waals surface area contributed by atoms with E-state index in [4.69, 9.17) is 4.74 Å². The molecule has 1 aromatic heterocycles. The van der Waals surface area contributed by atoms with Crippen molar-refractivity contribution in [3.63, 3.8) is 0 Å². The van der Waals surface area contributed by atoms with Crippen LogP contribution in [0.15, 0.2) is 53.7 Å². The van der Waals surface area contributed by atoms with E-state index in [1.54, 1.807) is 18.2 Å². The number of nitrogens with one attached hydrogen (secondary N) is 1. The quantitative estimate of drug-likeness (QED) is 0.272. The predicted octanol–water partition coefficient (Wildman–Crippen LogP) is 3.67. The van der Waals surface area contributed by atoms with E-state index >= 15 is 0 Å². The highest BCUT2D eigenvalue weighted by Gasteiger charge is 2.23. The molecule has 1 N–H and O–H groups in total. The van der Waals surface area contributed by atoms with E-state index < -0.39 is 9.85 Å². The van der Waals surface area contributed by atoms with Gasteiger partial charge < -0.3 is 10.1 Å². The Morgan fingerprint density at radius 3 is 2.56 bits per heavy atom. The number of hydrogen-bond donors (Lipinski definition) is 1. The Kier molecular flexibility index (Phi) is 7.13. The zero-order chi connectivity index (χ0) is 24.1. The molecule has 0 saturated carbocycles. The lowest BCUT2D eigenvalue weighted by atomic mass is 10.2. The molecule has 2 heterocycles. The van der Waals surface area contributed by atoms with Crippen molar-refractivity contribution in [1.29, 1.82) is 0 Å². The summed E-state index contributed by atoms with van der Waals surface area (Å²) in [7, 11) is 0. The Morgan fingerprint density at radius 1 is 1.12 bits per heavy atom. The van der Waals surface area contributed by atoms with Crippen molar-refractivity contribution in [2.75, 3.05) is 17.7 Å². The Balaban J connectivity index is 1.50. The van der Waals surface area contributed by atoms with Gasteiger partial charge in [-0.3, -0.25) is 29.6 Å². The van der Waals surface area contributed by atoms with Crippen LogP contribution < -0.4 is 5.32 Å². The molecule has 1 atom stereocenters.